The molecule has 32 heavy (non-hydrogen) atoms. The summed E-state index contributed by atoms with van der Waals surface area (Å²) in [6.07, 6.45) is 5.35. The van der Waals surface area contributed by atoms with Gasteiger partial charge in [0.15, 0.2) is 6.04 Å². The van der Waals surface area contributed by atoms with Crippen molar-refractivity contribution in [3.05, 3.63) is 76.8 Å². The number of likely N-dealkylation sites (tertiary alicyclic amines) is 1. The van der Waals surface area contributed by atoms with Gasteiger partial charge in [0.1, 0.15) is 5.75 Å². The van der Waals surface area contributed by atoms with Gasteiger partial charge < -0.3 is 4.74 Å². The van der Waals surface area contributed by atoms with E-state index in [0.717, 1.165) is 12.0 Å². The molecule has 2 aromatic rings. The second-order valence-corrected chi connectivity index (χ2v) is 9.75. The van der Waals surface area contributed by atoms with E-state index in [1.54, 1.807) is 42.5 Å². The molecular weight excluding hydrogens is 426 g/mol. The first-order valence-corrected chi connectivity index (χ1v) is 11.4. The summed E-state index contributed by atoms with van der Waals surface area (Å²) in [5.41, 5.74) is 1.34. The zero-order valence-electron chi connectivity index (χ0n) is 17.5. The molecule has 162 valence electrons. The number of imide groups is 1. The highest BCUT2D eigenvalue weighted by Crippen LogP contribution is 2.65. The molecule has 5 aliphatic rings. The molecule has 6 heteroatoms. The van der Waals surface area contributed by atoms with Gasteiger partial charge in [0, 0.05) is 5.02 Å². The number of nitrogens with zero attached hydrogens (tertiary/aromatic N) is 1. The number of hydrogen-bond donors (Lipinski definition) is 0. The normalized spacial score (nSPS) is 32.5. The Hall–Kier alpha value is -2.92. The first-order valence-electron chi connectivity index (χ1n) is 11.0. The molecule has 5 nitrogen and oxygen atoms in total. The molecular formula is C26H22ClNO4. The SMILES string of the molecule is Cc1cc(OC(=O)[C@H](c2ccccc2)N2C(=O)[C@@H]3[C@H]4C=C[C@@H]([C@@H]5C[C@@H]45)[C@@H]3C2=O)ccc1Cl. The highest BCUT2D eigenvalue weighted by atomic mass is 35.5. The number of carbonyl (C=O) groups excluding carboxylic acids is 3. The number of allylic oxidation sites excluding steroid dienone is 2. The number of aryl methyl sites for hydroxylation is 1. The smallest absolute Gasteiger partial charge is 0.339 e. The Morgan fingerprint density at radius 1 is 1.00 bits per heavy atom. The first-order chi connectivity index (χ1) is 15.5. The maximum absolute atomic E-state index is 13.6. The largest absolute Gasteiger partial charge is 0.425 e. The van der Waals surface area contributed by atoms with Crippen LogP contribution in [0.1, 0.15) is 23.6 Å². The van der Waals surface area contributed by atoms with Crippen molar-refractivity contribution in [2.75, 3.05) is 0 Å². The highest BCUT2D eigenvalue weighted by molar-refractivity contribution is 6.31. The summed E-state index contributed by atoms with van der Waals surface area (Å²) < 4.78 is 5.67. The lowest BCUT2D eigenvalue weighted by atomic mass is 9.63. The van der Waals surface area contributed by atoms with E-state index >= 15 is 0 Å². The van der Waals surface area contributed by atoms with Crippen LogP contribution < -0.4 is 4.74 Å². The average molecular weight is 448 g/mol. The molecule has 4 aliphatic carbocycles. The van der Waals surface area contributed by atoms with Crippen molar-refractivity contribution in [2.24, 2.45) is 35.5 Å². The number of esters is 1. The van der Waals surface area contributed by atoms with E-state index in [1.807, 2.05) is 13.0 Å². The molecule has 7 rings (SSSR count). The first kappa shape index (κ1) is 19.7. The Morgan fingerprint density at radius 3 is 2.22 bits per heavy atom. The molecule has 2 saturated carbocycles. The van der Waals surface area contributed by atoms with E-state index < -0.39 is 12.0 Å². The van der Waals surface area contributed by atoms with Crippen LogP contribution in [0.3, 0.4) is 0 Å². The van der Waals surface area contributed by atoms with E-state index in [0.29, 0.717) is 28.2 Å². The molecule has 0 radical (unpaired) electrons. The van der Waals surface area contributed by atoms with Gasteiger partial charge in [-0.05, 0) is 66.3 Å². The molecule has 7 atom stereocenters. The average Bonchev–Trinajstić information content (AvgIpc) is 3.57. The molecule has 0 N–H and O–H groups in total. The zero-order chi connectivity index (χ0) is 22.1. The maximum atomic E-state index is 13.6. The van der Waals surface area contributed by atoms with Gasteiger partial charge in [-0.1, -0.05) is 54.1 Å². The molecule has 1 aliphatic heterocycles. The summed E-state index contributed by atoms with van der Waals surface area (Å²) >= 11 is 6.09. The fourth-order valence-corrected chi connectivity index (χ4v) is 6.23. The summed E-state index contributed by atoms with van der Waals surface area (Å²) in [7, 11) is 0. The fourth-order valence-electron chi connectivity index (χ4n) is 6.11. The maximum Gasteiger partial charge on any atom is 0.339 e. The third kappa shape index (κ3) is 2.80. The quantitative estimate of drug-likeness (QED) is 0.302. The Kier molecular flexibility index (Phi) is 4.34. The van der Waals surface area contributed by atoms with Gasteiger partial charge in [-0.2, -0.15) is 0 Å². The molecule has 1 heterocycles. The summed E-state index contributed by atoms with van der Waals surface area (Å²) in [5.74, 6) is -0.336. The van der Waals surface area contributed by atoms with Crippen molar-refractivity contribution in [1.82, 2.24) is 4.90 Å². The van der Waals surface area contributed by atoms with Gasteiger partial charge in [0.25, 0.3) is 0 Å². The summed E-state index contributed by atoms with van der Waals surface area (Å²) in [4.78, 5) is 41.9. The van der Waals surface area contributed by atoms with Crippen LogP contribution in [0.2, 0.25) is 5.02 Å². The van der Waals surface area contributed by atoms with Gasteiger partial charge in [-0.3, -0.25) is 14.5 Å². The second-order valence-electron chi connectivity index (χ2n) is 9.35. The summed E-state index contributed by atoms with van der Waals surface area (Å²) in [6, 6.07) is 12.8. The Bertz CT molecular complexity index is 1140. The topological polar surface area (TPSA) is 63.7 Å². The lowest BCUT2D eigenvalue weighted by Gasteiger charge is -2.37. The highest BCUT2D eigenvalue weighted by Gasteiger charge is 2.68. The number of ether oxygens (including phenoxy) is 1. The van der Waals surface area contributed by atoms with Crippen LogP contribution >= 0.6 is 11.6 Å². The molecule has 2 bridgehead atoms. The van der Waals surface area contributed by atoms with Crippen molar-refractivity contribution < 1.29 is 19.1 Å². The molecule has 2 amide bonds. The molecule has 2 aromatic carbocycles. The van der Waals surface area contributed by atoms with Crippen LogP contribution in [0.5, 0.6) is 5.75 Å². The van der Waals surface area contributed by atoms with E-state index in [-0.39, 0.29) is 35.5 Å². The Labute approximate surface area is 191 Å². The van der Waals surface area contributed by atoms with Crippen LogP contribution in [0.25, 0.3) is 0 Å². The number of halogens is 1. The third-order valence-electron chi connectivity index (χ3n) is 7.64. The minimum absolute atomic E-state index is 0.0998. The van der Waals surface area contributed by atoms with E-state index in [2.05, 4.69) is 12.2 Å². The minimum Gasteiger partial charge on any atom is -0.425 e. The van der Waals surface area contributed by atoms with Crippen molar-refractivity contribution in [2.45, 2.75) is 19.4 Å². The van der Waals surface area contributed by atoms with Crippen LogP contribution in [-0.4, -0.2) is 22.7 Å². The van der Waals surface area contributed by atoms with Crippen LogP contribution in [0.4, 0.5) is 0 Å². The zero-order valence-corrected chi connectivity index (χ0v) is 18.2. The number of hydrogen-bond acceptors (Lipinski definition) is 4. The minimum atomic E-state index is -1.12. The van der Waals surface area contributed by atoms with E-state index in [4.69, 9.17) is 16.3 Å². The molecule has 3 fully saturated rings. The number of amides is 2. The second kappa shape index (κ2) is 7.04. The monoisotopic (exact) mass is 447 g/mol. The molecule has 0 unspecified atom stereocenters. The predicted octanol–water partition coefficient (Wildman–Crippen LogP) is 4.35. The van der Waals surface area contributed by atoms with Gasteiger partial charge in [0.05, 0.1) is 11.8 Å². The van der Waals surface area contributed by atoms with E-state index in [1.165, 1.54) is 4.90 Å². The standard InChI is InChI=1S/C26H22ClNO4/c1-13-11-15(7-10-20(13)27)32-26(31)23(14-5-3-2-4-6-14)28-24(29)21-16-8-9-17(19-12-18(16)19)22(21)25(28)30/h2-11,16-19,21-23H,12H2,1H3/t16-,17-,18-,19-,21-,22+,23-/m0/s1. The lowest BCUT2D eigenvalue weighted by Crippen LogP contribution is -2.41. The Morgan fingerprint density at radius 2 is 1.62 bits per heavy atom. The number of benzene rings is 2. The van der Waals surface area contributed by atoms with Crippen molar-refractivity contribution in [3.63, 3.8) is 0 Å². The fraction of sp³-hybridized carbons (Fsp3) is 0.346. The van der Waals surface area contributed by atoms with Gasteiger partial charge in [-0.25, -0.2) is 4.79 Å². The van der Waals surface area contributed by atoms with Crippen LogP contribution in [0, 0.1) is 42.4 Å². The van der Waals surface area contributed by atoms with Crippen molar-refractivity contribution in [3.8, 4) is 5.75 Å². The summed E-state index contributed by atoms with van der Waals surface area (Å²) in [6.45, 7) is 1.82. The lowest BCUT2D eigenvalue weighted by molar-refractivity contribution is -0.154. The van der Waals surface area contributed by atoms with Crippen molar-refractivity contribution >= 4 is 29.4 Å². The predicted molar refractivity (Wildman–Crippen MR) is 118 cm³/mol. The van der Waals surface area contributed by atoms with Gasteiger partial charge in [0.2, 0.25) is 11.8 Å². The number of carbonyl (C=O) groups is 3. The summed E-state index contributed by atoms with van der Waals surface area (Å²) in [5, 5.41) is 0.569. The van der Waals surface area contributed by atoms with E-state index in [9.17, 15) is 14.4 Å². The van der Waals surface area contributed by atoms with Gasteiger partial charge >= 0.3 is 5.97 Å². The molecule has 0 spiro atoms. The number of rotatable bonds is 4. The molecule has 0 aromatic heterocycles. The third-order valence-corrected chi connectivity index (χ3v) is 8.07. The van der Waals surface area contributed by atoms with Crippen LogP contribution in [0.15, 0.2) is 60.7 Å². The molecule has 1 saturated heterocycles. The Balaban J connectivity index is 1.37. The van der Waals surface area contributed by atoms with Crippen LogP contribution in [-0.2, 0) is 14.4 Å². The van der Waals surface area contributed by atoms with Crippen molar-refractivity contribution in [1.29, 1.82) is 0 Å². The van der Waals surface area contributed by atoms with Gasteiger partial charge in [-0.15, -0.1) is 0 Å².